The predicted octanol–water partition coefficient (Wildman–Crippen LogP) is 4.28. The van der Waals surface area contributed by atoms with E-state index in [-0.39, 0.29) is 11.0 Å². The fourth-order valence-electron chi connectivity index (χ4n) is 3.54. The van der Waals surface area contributed by atoms with Gasteiger partial charge in [0.15, 0.2) is 0 Å². The minimum absolute atomic E-state index is 0.00346. The summed E-state index contributed by atoms with van der Waals surface area (Å²) in [5.41, 5.74) is 3.13. The maximum atomic E-state index is 11.5. The Bertz CT molecular complexity index is 913. The number of furan rings is 1. The van der Waals surface area contributed by atoms with Crippen molar-refractivity contribution in [1.29, 1.82) is 0 Å². The van der Waals surface area contributed by atoms with Crippen LogP contribution < -0.4 is 0 Å². The first-order valence-electron chi connectivity index (χ1n) is 7.68. The lowest BCUT2D eigenvalue weighted by molar-refractivity contribution is 0.0697. The maximum Gasteiger partial charge on any atom is 0.339 e. The number of pyridine rings is 1. The van der Waals surface area contributed by atoms with Crippen molar-refractivity contribution in [1.82, 2.24) is 4.98 Å². The van der Waals surface area contributed by atoms with E-state index in [1.807, 2.05) is 36.5 Å². The Morgan fingerprint density at radius 2 is 2.17 bits per heavy atom. The van der Waals surface area contributed by atoms with Crippen molar-refractivity contribution in [2.24, 2.45) is 0 Å². The monoisotopic (exact) mass is 307 g/mol. The number of aromatic nitrogens is 1. The van der Waals surface area contributed by atoms with Crippen molar-refractivity contribution >= 4 is 16.9 Å². The van der Waals surface area contributed by atoms with Crippen LogP contribution in [0.1, 0.15) is 46.6 Å². The van der Waals surface area contributed by atoms with Gasteiger partial charge in [-0.25, -0.2) is 4.79 Å². The van der Waals surface area contributed by atoms with Crippen molar-refractivity contribution < 1.29 is 14.3 Å². The molecule has 4 rings (SSSR count). The Kier molecular flexibility index (Phi) is 2.85. The molecule has 0 spiro atoms. The van der Waals surface area contributed by atoms with Gasteiger partial charge in [-0.15, -0.1) is 0 Å². The number of hydrogen-bond donors (Lipinski definition) is 1. The second-order valence-corrected chi connectivity index (χ2v) is 6.48. The number of benzene rings is 1. The summed E-state index contributed by atoms with van der Waals surface area (Å²) in [5.74, 6) is -0.116. The molecule has 23 heavy (non-hydrogen) atoms. The highest BCUT2D eigenvalue weighted by Crippen LogP contribution is 2.60. The van der Waals surface area contributed by atoms with E-state index in [9.17, 15) is 9.90 Å². The molecule has 1 aromatic carbocycles. The second-order valence-electron chi connectivity index (χ2n) is 6.48. The van der Waals surface area contributed by atoms with Gasteiger partial charge < -0.3 is 9.52 Å². The van der Waals surface area contributed by atoms with E-state index < -0.39 is 5.97 Å². The van der Waals surface area contributed by atoms with Crippen LogP contribution in [0.25, 0.3) is 11.0 Å². The topological polar surface area (TPSA) is 63.3 Å². The lowest BCUT2D eigenvalue weighted by Gasteiger charge is -2.12. The van der Waals surface area contributed by atoms with Gasteiger partial charge in [-0.05, 0) is 43.2 Å². The number of fused-ring (bicyclic) bond motifs is 1. The molecule has 1 aliphatic rings. The Morgan fingerprint density at radius 1 is 1.35 bits per heavy atom. The Labute approximate surface area is 133 Å². The minimum atomic E-state index is -0.944. The van der Waals surface area contributed by atoms with Gasteiger partial charge in [0.2, 0.25) is 0 Å². The van der Waals surface area contributed by atoms with Crippen molar-refractivity contribution in [3.8, 4) is 0 Å². The summed E-state index contributed by atoms with van der Waals surface area (Å²) in [6.45, 7) is 3.90. The molecule has 0 bridgehead atoms. The fraction of sp³-hybridized carbons (Fsp3) is 0.263. The molecule has 0 radical (unpaired) electrons. The van der Waals surface area contributed by atoms with E-state index in [4.69, 9.17) is 4.42 Å². The number of nitrogens with zero attached hydrogens (tertiary/aromatic N) is 1. The van der Waals surface area contributed by atoms with Gasteiger partial charge in [0.05, 0.1) is 0 Å². The zero-order chi connectivity index (χ0) is 16.2. The molecular weight excluding hydrogens is 290 g/mol. The molecule has 1 unspecified atom stereocenters. The van der Waals surface area contributed by atoms with Crippen LogP contribution in [-0.4, -0.2) is 16.1 Å². The average molecular weight is 307 g/mol. The van der Waals surface area contributed by atoms with Crippen LogP contribution in [0.3, 0.4) is 0 Å². The molecule has 1 aliphatic carbocycles. The van der Waals surface area contributed by atoms with E-state index in [1.54, 1.807) is 6.92 Å². The molecular formula is C19H17NO3. The number of carbonyl (C=O) groups is 1. The largest absolute Gasteiger partial charge is 0.478 e. The van der Waals surface area contributed by atoms with Crippen LogP contribution >= 0.6 is 0 Å². The lowest BCUT2D eigenvalue weighted by Crippen LogP contribution is -2.05. The van der Waals surface area contributed by atoms with Gasteiger partial charge in [0, 0.05) is 28.6 Å². The maximum absolute atomic E-state index is 11.5. The minimum Gasteiger partial charge on any atom is -0.478 e. The highest BCUT2D eigenvalue weighted by atomic mass is 16.4. The zero-order valence-electron chi connectivity index (χ0n) is 13.0. The third kappa shape index (κ3) is 2.05. The van der Waals surface area contributed by atoms with E-state index in [2.05, 4.69) is 18.0 Å². The summed E-state index contributed by atoms with van der Waals surface area (Å²) in [4.78, 5) is 16.0. The quantitative estimate of drug-likeness (QED) is 0.784. The zero-order valence-corrected chi connectivity index (χ0v) is 13.0. The van der Waals surface area contributed by atoms with Crippen molar-refractivity contribution in [3.05, 3.63) is 65.2 Å². The van der Waals surface area contributed by atoms with Gasteiger partial charge in [0.1, 0.15) is 16.9 Å². The molecule has 3 aromatic rings. The van der Waals surface area contributed by atoms with Crippen LogP contribution in [0.2, 0.25) is 0 Å². The van der Waals surface area contributed by atoms with E-state index in [0.717, 1.165) is 17.7 Å². The summed E-state index contributed by atoms with van der Waals surface area (Å²) < 4.78 is 5.57. The Hall–Kier alpha value is -2.62. The van der Waals surface area contributed by atoms with Gasteiger partial charge in [-0.2, -0.15) is 0 Å². The summed E-state index contributed by atoms with van der Waals surface area (Å²) in [5, 5.41) is 10.1. The molecule has 2 heterocycles. The summed E-state index contributed by atoms with van der Waals surface area (Å²) in [6.07, 6.45) is 2.84. The average Bonchev–Trinajstić information content (AvgIpc) is 3.11. The van der Waals surface area contributed by atoms with Crippen molar-refractivity contribution in [2.45, 2.75) is 31.6 Å². The Balaban J connectivity index is 1.79. The van der Waals surface area contributed by atoms with Crippen LogP contribution in [0.15, 0.2) is 47.0 Å². The number of aromatic carboxylic acids is 1. The number of rotatable bonds is 3. The molecule has 116 valence electrons. The molecule has 0 amide bonds. The fourth-order valence-corrected chi connectivity index (χ4v) is 3.54. The molecule has 2 aromatic heterocycles. The van der Waals surface area contributed by atoms with Gasteiger partial charge in [0.25, 0.3) is 0 Å². The SMILES string of the molecule is Cc1oc2ccc(C3(C)C[C@@H]3c3ccccn3)cc2c1C(=O)O. The number of carboxylic acid groups (broad SMARTS) is 1. The molecule has 1 N–H and O–H groups in total. The molecule has 4 nitrogen and oxygen atoms in total. The van der Waals surface area contributed by atoms with Crippen LogP contribution in [0.5, 0.6) is 0 Å². The van der Waals surface area contributed by atoms with Crippen LogP contribution in [0.4, 0.5) is 0 Å². The highest BCUT2D eigenvalue weighted by Gasteiger charge is 2.52. The summed E-state index contributed by atoms with van der Waals surface area (Å²) in [6, 6.07) is 11.9. The molecule has 0 aliphatic heterocycles. The smallest absolute Gasteiger partial charge is 0.339 e. The normalized spacial score (nSPS) is 23.1. The summed E-state index contributed by atoms with van der Waals surface area (Å²) >= 11 is 0. The van der Waals surface area contributed by atoms with Gasteiger partial charge in [-0.1, -0.05) is 19.1 Å². The highest BCUT2D eigenvalue weighted by molar-refractivity contribution is 6.03. The number of aryl methyl sites for hydroxylation is 1. The van der Waals surface area contributed by atoms with E-state index in [1.165, 1.54) is 0 Å². The standard InChI is InChI=1S/C19H17NO3/c1-11-17(18(21)22)13-9-12(6-7-16(13)23-11)19(2)10-14(19)15-5-3-4-8-20-15/h3-9,14H,10H2,1-2H3,(H,21,22)/t14-,19?/m1/s1. The first kappa shape index (κ1) is 14.0. The predicted molar refractivity (Wildman–Crippen MR) is 86.9 cm³/mol. The van der Waals surface area contributed by atoms with E-state index >= 15 is 0 Å². The second kappa shape index (κ2) is 4.69. The Morgan fingerprint density at radius 3 is 2.87 bits per heavy atom. The first-order chi connectivity index (χ1) is 11.0. The van der Waals surface area contributed by atoms with Crippen molar-refractivity contribution in [3.63, 3.8) is 0 Å². The van der Waals surface area contributed by atoms with Crippen LogP contribution in [-0.2, 0) is 5.41 Å². The third-order valence-electron chi connectivity index (χ3n) is 5.02. The van der Waals surface area contributed by atoms with Crippen LogP contribution in [0, 0.1) is 6.92 Å². The lowest BCUT2D eigenvalue weighted by atomic mass is 9.92. The molecule has 4 heteroatoms. The molecule has 2 atom stereocenters. The van der Waals surface area contributed by atoms with Gasteiger partial charge in [-0.3, -0.25) is 4.98 Å². The molecule has 1 fully saturated rings. The summed E-state index contributed by atoms with van der Waals surface area (Å²) in [7, 11) is 0. The molecule has 1 saturated carbocycles. The first-order valence-corrected chi connectivity index (χ1v) is 7.68. The van der Waals surface area contributed by atoms with Crippen molar-refractivity contribution in [2.75, 3.05) is 0 Å². The third-order valence-corrected chi connectivity index (χ3v) is 5.02. The number of carboxylic acids is 1. The van der Waals surface area contributed by atoms with E-state index in [0.29, 0.717) is 22.6 Å². The number of hydrogen-bond acceptors (Lipinski definition) is 3. The molecule has 0 saturated heterocycles. The van der Waals surface area contributed by atoms with Gasteiger partial charge >= 0.3 is 5.97 Å².